The zero-order chi connectivity index (χ0) is 10.9. The maximum atomic E-state index is 12.1. The van der Waals surface area contributed by atoms with Crippen LogP contribution in [-0.4, -0.2) is 25.7 Å². The fourth-order valence-electron chi connectivity index (χ4n) is 1.04. The number of thioether (sulfide) groups is 4. The number of hydrogen-bond acceptors (Lipinski definition) is 7. The van der Waals surface area contributed by atoms with Crippen LogP contribution in [0, 0.1) is 4.32 Å². The van der Waals surface area contributed by atoms with E-state index >= 15 is 0 Å². The van der Waals surface area contributed by atoms with Crippen molar-refractivity contribution in [2.24, 2.45) is 0 Å². The van der Waals surface area contributed by atoms with Gasteiger partial charge >= 0.3 is 0 Å². The highest BCUT2D eigenvalue weighted by Crippen LogP contribution is 2.77. The summed E-state index contributed by atoms with van der Waals surface area (Å²) in [5.41, 5.74) is 0. The van der Waals surface area contributed by atoms with Crippen LogP contribution >= 0.6 is 55.0 Å². The van der Waals surface area contributed by atoms with E-state index in [4.69, 9.17) is 9.05 Å². The van der Waals surface area contributed by atoms with E-state index in [-0.39, 0.29) is 0 Å². The van der Waals surface area contributed by atoms with Gasteiger partial charge in [-0.1, -0.05) is 0 Å². The standard InChI is InChI=1S/C7H10O3PS4/c1-9-11(8,10-2)7-14-5-6(15-7)13-4-3-12-5/h3-4H2,1-2H3/q-1. The van der Waals surface area contributed by atoms with E-state index in [1.54, 1.807) is 0 Å². The molecule has 0 radical (unpaired) electrons. The van der Waals surface area contributed by atoms with Crippen molar-refractivity contribution in [2.45, 2.75) is 0 Å². The van der Waals surface area contributed by atoms with Gasteiger partial charge in [0.25, 0.3) is 0 Å². The van der Waals surface area contributed by atoms with Crippen molar-refractivity contribution in [3.05, 3.63) is 12.8 Å². The van der Waals surface area contributed by atoms with Gasteiger partial charge in [-0.2, -0.15) is 0 Å². The van der Waals surface area contributed by atoms with Crippen LogP contribution in [0.15, 0.2) is 8.47 Å². The van der Waals surface area contributed by atoms with E-state index in [9.17, 15) is 4.89 Å². The highest BCUT2D eigenvalue weighted by molar-refractivity contribution is 8.44. The molecule has 0 spiro atoms. The van der Waals surface area contributed by atoms with E-state index in [0.29, 0.717) is 0 Å². The summed E-state index contributed by atoms with van der Waals surface area (Å²) < 4.78 is 13.2. The molecule has 2 heterocycles. The predicted octanol–water partition coefficient (Wildman–Crippen LogP) is 2.94. The van der Waals surface area contributed by atoms with Crippen LogP contribution in [-0.2, 0) is 9.05 Å². The van der Waals surface area contributed by atoms with Gasteiger partial charge in [0, 0.05) is 24.3 Å². The van der Waals surface area contributed by atoms with Crippen molar-refractivity contribution in [2.75, 3.05) is 25.7 Å². The van der Waals surface area contributed by atoms with Crippen molar-refractivity contribution in [3.8, 4) is 0 Å². The maximum Gasteiger partial charge on any atom is 0.123 e. The molecule has 3 nitrogen and oxygen atoms in total. The molecule has 2 aliphatic rings. The quantitative estimate of drug-likeness (QED) is 0.586. The monoisotopic (exact) mass is 301 g/mol. The van der Waals surface area contributed by atoms with Gasteiger partial charge in [-0.25, -0.2) is 32.6 Å². The molecule has 0 N–H and O–H groups in total. The molecule has 0 amide bonds. The summed E-state index contributed by atoms with van der Waals surface area (Å²) in [4.78, 5) is 12.1. The third-order valence-corrected chi connectivity index (χ3v) is 10.4. The second-order valence-corrected chi connectivity index (χ2v) is 10.4. The summed E-state index contributed by atoms with van der Waals surface area (Å²) in [6.45, 7) is 0. The molecule has 0 unspecified atom stereocenters. The van der Waals surface area contributed by atoms with Crippen molar-refractivity contribution in [3.63, 3.8) is 0 Å². The molecule has 0 bridgehead atoms. The first-order valence-corrected chi connectivity index (χ1v) is 9.29. The Labute approximate surface area is 107 Å². The first-order valence-electron chi connectivity index (χ1n) is 4.14. The van der Waals surface area contributed by atoms with Crippen LogP contribution in [0.25, 0.3) is 0 Å². The molecule has 0 aromatic carbocycles. The molecule has 2 rings (SSSR count). The normalized spacial score (nSPS) is 23.4. The molecule has 86 valence electrons. The van der Waals surface area contributed by atoms with Crippen LogP contribution < -0.4 is 4.89 Å². The van der Waals surface area contributed by atoms with Gasteiger partial charge in [0.05, 0.1) is 14.2 Å². The summed E-state index contributed by atoms with van der Waals surface area (Å²) in [6, 6.07) is 0. The van der Waals surface area contributed by atoms with Crippen LogP contribution in [0.4, 0.5) is 0 Å². The Hall–Kier alpha value is 1.45. The Balaban J connectivity index is 2.05. The second-order valence-electron chi connectivity index (χ2n) is 2.60. The third kappa shape index (κ3) is 2.65. The van der Waals surface area contributed by atoms with Gasteiger partial charge in [0.15, 0.2) is 0 Å². The van der Waals surface area contributed by atoms with Gasteiger partial charge in [-0.05, 0) is 0 Å². The van der Waals surface area contributed by atoms with E-state index in [0.717, 1.165) is 15.8 Å². The fourth-order valence-corrected chi connectivity index (χ4v) is 9.62. The lowest BCUT2D eigenvalue weighted by Gasteiger charge is -2.39. The molecule has 0 atom stereocenters. The molecule has 0 saturated carbocycles. The zero-order valence-electron chi connectivity index (χ0n) is 8.22. The van der Waals surface area contributed by atoms with E-state index in [1.807, 2.05) is 23.5 Å². The fraction of sp³-hybridized carbons (Fsp3) is 0.571. The minimum atomic E-state index is -3.03. The number of rotatable bonds is 3. The molecule has 0 aromatic heterocycles. The summed E-state index contributed by atoms with van der Waals surface area (Å²) in [5.74, 6) is 2.24. The van der Waals surface area contributed by atoms with Gasteiger partial charge in [-0.15, -0.1) is 23.5 Å². The molecule has 8 heteroatoms. The van der Waals surface area contributed by atoms with E-state index < -0.39 is 7.94 Å². The average Bonchev–Trinajstić information content (AvgIpc) is 2.72. The van der Waals surface area contributed by atoms with Gasteiger partial charge in [0.1, 0.15) is 7.94 Å². The van der Waals surface area contributed by atoms with Crippen LogP contribution in [0.5, 0.6) is 0 Å². The molecular weight excluding hydrogens is 291 g/mol. The van der Waals surface area contributed by atoms with Gasteiger partial charge < -0.3 is 4.89 Å². The lowest BCUT2D eigenvalue weighted by atomic mass is 11.0. The first-order chi connectivity index (χ1) is 7.19. The van der Waals surface area contributed by atoms with Crippen molar-refractivity contribution < 1.29 is 13.9 Å². The van der Waals surface area contributed by atoms with Crippen LogP contribution in [0.2, 0.25) is 0 Å². The predicted molar refractivity (Wildman–Crippen MR) is 71.3 cm³/mol. The minimum absolute atomic E-state index is 0.749. The Morgan fingerprint density at radius 1 is 1.13 bits per heavy atom. The molecule has 0 fully saturated rings. The lowest BCUT2D eigenvalue weighted by molar-refractivity contribution is -0.211. The Morgan fingerprint density at radius 3 is 2.00 bits per heavy atom. The molecular formula is C7H10O3PS4-. The third-order valence-electron chi connectivity index (χ3n) is 1.78. The topological polar surface area (TPSA) is 41.5 Å². The maximum absolute atomic E-state index is 12.1. The van der Waals surface area contributed by atoms with Gasteiger partial charge in [-0.3, -0.25) is 0 Å². The highest BCUT2D eigenvalue weighted by atomic mass is 32.3. The molecule has 0 aliphatic carbocycles. The second kappa shape index (κ2) is 5.40. The van der Waals surface area contributed by atoms with E-state index in [2.05, 4.69) is 0 Å². The Morgan fingerprint density at radius 2 is 1.60 bits per heavy atom. The van der Waals surface area contributed by atoms with Crippen LogP contribution in [0.3, 0.4) is 0 Å². The molecule has 2 aliphatic heterocycles. The summed E-state index contributed by atoms with van der Waals surface area (Å²) in [5, 5.41) is 0. The zero-order valence-corrected chi connectivity index (χ0v) is 12.4. The SMILES string of the molecule is CO[P+]([O-])(OC)[C-]1SC2=C(SCCS2)S1. The molecule has 15 heavy (non-hydrogen) atoms. The number of hydrogen-bond donors (Lipinski definition) is 0. The smallest absolute Gasteiger partial charge is 0.123 e. The van der Waals surface area contributed by atoms with Crippen LogP contribution in [0.1, 0.15) is 0 Å². The summed E-state index contributed by atoms with van der Waals surface area (Å²) in [7, 11) is -0.175. The minimum Gasteiger partial charge on any atom is -0.654 e. The van der Waals surface area contributed by atoms with Gasteiger partial charge in [0.2, 0.25) is 0 Å². The van der Waals surface area contributed by atoms with Crippen molar-refractivity contribution in [1.82, 2.24) is 0 Å². The summed E-state index contributed by atoms with van der Waals surface area (Å²) in [6.07, 6.45) is 0. The van der Waals surface area contributed by atoms with E-state index in [1.165, 1.54) is 46.2 Å². The molecule has 0 aromatic rings. The van der Waals surface area contributed by atoms with Crippen molar-refractivity contribution in [1.29, 1.82) is 0 Å². The Kier molecular flexibility index (Phi) is 4.64. The largest absolute Gasteiger partial charge is 0.654 e. The molecule has 0 saturated heterocycles. The first kappa shape index (κ1) is 12.9. The highest BCUT2D eigenvalue weighted by Gasteiger charge is 2.34. The lowest BCUT2D eigenvalue weighted by Crippen LogP contribution is -2.15. The van der Waals surface area contributed by atoms with Crippen molar-refractivity contribution >= 4 is 55.0 Å². The average molecular weight is 301 g/mol. The Bertz CT molecular complexity index is 263. The summed E-state index contributed by atoms with van der Waals surface area (Å²) >= 11 is 6.72.